The second-order valence-corrected chi connectivity index (χ2v) is 14.0. The Morgan fingerprint density at radius 3 is 2.21 bits per heavy atom. The number of thiol groups is 1. The summed E-state index contributed by atoms with van der Waals surface area (Å²) in [4.78, 5) is 16.0. The summed E-state index contributed by atoms with van der Waals surface area (Å²) in [6.45, 7) is 16.8. The van der Waals surface area contributed by atoms with Gasteiger partial charge in [-0.05, 0) is 84.0 Å². The summed E-state index contributed by atoms with van der Waals surface area (Å²) in [6, 6.07) is 6.83. The number of anilines is 1. The van der Waals surface area contributed by atoms with Crippen LogP contribution in [0.15, 0.2) is 18.2 Å². The van der Waals surface area contributed by atoms with Gasteiger partial charge in [-0.3, -0.25) is 4.79 Å². The predicted octanol–water partition coefficient (Wildman–Crippen LogP) is 6.96. The van der Waals surface area contributed by atoms with Gasteiger partial charge in [-0.2, -0.15) is 12.6 Å². The molecule has 0 atom stereocenters. The molecule has 4 rings (SSSR count). The van der Waals surface area contributed by atoms with Crippen LogP contribution in [0.2, 0.25) is 0 Å². The van der Waals surface area contributed by atoms with Crippen LogP contribution in [0, 0.1) is 5.92 Å². The van der Waals surface area contributed by atoms with Crippen LogP contribution in [0.1, 0.15) is 125 Å². The third-order valence-corrected chi connectivity index (χ3v) is 9.86. The highest BCUT2D eigenvalue weighted by Crippen LogP contribution is 2.50. The van der Waals surface area contributed by atoms with Gasteiger partial charge >= 0.3 is 7.48 Å². The highest BCUT2D eigenvalue weighted by atomic mass is 32.1. The summed E-state index contributed by atoms with van der Waals surface area (Å²) in [5.74, 6) is 1.10. The average Bonchev–Trinajstić information content (AvgIpc) is 3.07. The number of amides is 1. The van der Waals surface area contributed by atoms with Gasteiger partial charge in [0, 0.05) is 16.5 Å². The zero-order chi connectivity index (χ0) is 28.0. The first-order valence-corrected chi connectivity index (χ1v) is 15.9. The van der Waals surface area contributed by atoms with Crippen molar-refractivity contribution in [1.82, 2.24) is 5.32 Å². The third-order valence-electron chi connectivity index (χ3n) is 9.33. The Hall–Kier alpha value is -0.975. The van der Waals surface area contributed by atoms with Crippen LogP contribution in [0.4, 0.5) is 5.69 Å². The van der Waals surface area contributed by atoms with Gasteiger partial charge in [0.05, 0.1) is 11.0 Å². The molecule has 1 spiro atoms. The maximum atomic E-state index is 13.8. The van der Waals surface area contributed by atoms with Gasteiger partial charge in [-0.1, -0.05) is 83.3 Å². The Balaban J connectivity index is 0.000000505. The number of benzene rings is 1. The van der Waals surface area contributed by atoms with Crippen molar-refractivity contribution in [1.29, 1.82) is 0 Å². The number of nitrogens with zero attached hydrogens (tertiary/aromatic N) is 1. The highest BCUT2D eigenvalue weighted by molar-refractivity contribution is 7.81. The molecule has 38 heavy (non-hydrogen) atoms. The second kappa shape index (κ2) is 13.6. The smallest absolute Gasteiger partial charge is 0.330 e. The zero-order valence-electron chi connectivity index (χ0n) is 25.4. The average molecular weight is 542 g/mol. The van der Waals surface area contributed by atoms with Crippen LogP contribution < -0.4 is 15.7 Å². The van der Waals surface area contributed by atoms with Crippen molar-refractivity contribution in [3.05, 3.63) is 23.8 Å². The van der Waals surface area contributed by atoms with Gasteiger partial charge in [-0.25, -0.2) is 0 Å². The van der Waals surface area contributed by atoms with Crippen LogP contribution in [0.3, 0.4) is 0 Å². The molecule has 2 aliphatic heterocycles. The van der Waals surface area contributed by atoms with Crippen molar-refractivity contribution < 1.29 is 9.45 Å². The lowest BCUT2D eigenvalue weighted by molar-refractivity contribution is -0.125. The Bertz CT molecular complexity index is 897. The van der Waals surface area contributed by atoms with Crippen LogP contribution in [-0.2, 0) is 14.9 Å². The van der Waals surface area contributed by atoms with E-state index in [9.17, 15) is 4.79 Å². The Labute approximate surface area is 240 Å². The molecule has 1 aromatic carbocycles. The van der Waals surface area contributed by atoms with E-state index in [2.05, 4.69) is 76.9 Å². The summed E-state index contributed by atoms with van der Waals surface area (Å²) < 4.78 is 5.90. The lowest BCUT2D eigenvalue weighted by Gasteiger charge is -2.43. The molecule has 2 heterocycles. The van der Waals surface area contributed by atoms with Crippen molar-refractivity contribution in [3.8, 4) is 0 Å². The number of unbranched alkanes of at least 4 members (excludes halogenated alkanes) is 4. The maximum absolute atomic E-state index is 13.8. The van der Waals surface area contributed by atoms with E-state index in [0.717, 1.165) is 55.8 Å². The first-order valence-electron chi connectivity index (χ1n) is 15.4. The quantitative estimate of drug-likeness (QED) is 0.181. The van der Waals surface area contributed by atoms with Crippen molar-refractivity contribution in [3.63, 3.8) is 0 Å². The molecule has 0 unspecified atom stereocenters. The Morgan fingerprint density at radius 1 is 1.03 bits per heavy atom. The third kappa shape index (κ3) is 7.02. The number of carbonyl (C=O) groups is 1. The molecule has 1 amide bonds. The molecule has 2 fully saturated rings. The summed E-state index contributed by atoms with van der Waals surface area (Å²) in [5.41, 5.74) is 2.60. The number of fused-ring (bicyclic) bond motifs is 2. The molecular formula is C32H54BN2O2S. The lowest BCUT2D eigenvalue weighted by Crippen LogP contribution is -2.53. The first-order chi connectivity index (χ1) is 18.0. The second-order valence-electron chi connectivity index (χ2n) is 12.9. The SMILES string of the molecule is CCCC1CC(N2C(=O)C3(CCNCC3)c3ccc([B]OC(C)(C)C(C)(C)S)cc32)C1.CCCCCCC. The van der Waals surface area contributed by atoms with Crippen LogP contribution in [0.5, 0.6) is 0 Å². The van der Waals surface area contributed by atoms with Crippen molar-refractivity contribution in [2.45, 2.75) is 141 Å². The number of carbonyl (C=O) groups excluding carboxylic acids is 1. The highest BCUT2D eigenvalue weighted by Gasteiger charge is 2.54. The summed E-state index contributed by atoms with van der Waals surface area (Å²) in [5, 5.41) is 3.44. The van der Waals surface area contributed by atoms with E-state index < -0.39 is 5.60 Å². The number of rotatable bonds is 11. The van der Waals surface area contributed by atoms with E-state index in [1.807, 2.05) is 7.48 Å². The van der Waals surface area contributed by atoms with Gasteiger partial charge < -0.3 is 14.9 Å². The van der Waals surface area contributed by atoms with E-state index in [-0.39, 0.29) is 10.2 Å². The molecule has 213 valence electrons. The summed E-state index contributed by atoms with van der Waals surface area (Å²) in [6.07, 6.45) is 13.6. The van der Waals surface area contributed by atoms with Crippen molar-refractivity contribution in [2.24, 2.45) is 5.92 Å². The van der Waals surface area contributed by atoms with E-state index in [1.54, 1.807) is 0 Å². The van der Waals surface area contributed by atoms with Crippen LogP contribution in [-0.4, -0.2) is 42.9 Å². The molecule has 0 bridgehead atoms. The minimum absolute atomic E-state index is 0.276. The molecule has 1 saturated heterocycles. The van der Waals surface area contributed by atoms with Crippen molar-refractivity contribution in [2.75, 3.05) is 18.0 Å². The van der Waals surface area contributed by atoms with Gasteiger partial charge in [0.2, 0.25) is 5.91 Å². The molecule has 1 saturated carbocycles. The molecule has 1 aromatic rings. The summed E-state index contributed by atoms with van der Waals surface area (Å²) >= 11 is 4.71. The van der Waals surface area contributed by atoms with E-state index in [1.165, 1.54) is 50.5 Å². The molecule has 1 N–H and O–H groups in total. The van der Waals surface area contributed by atoms with Crippen LogP contribution in [0.25, 0.3) is 0 Å². The summed E-state index contributed by atoms with van der Waals surface area (Å²) in [7, 11) is 1.84. The molecular weight excluding hydrogens is 487 g/mol. The number of nitrogens with one attached hydrogen (secondary N) is 1. The predicted molar refractivity (Wildman–Crippen MR) is 167 cm³/mol. The minimum atomic E-state index is -0.414. The fourth-order valence-corrected chi connectivity index (χ4v) is 6.02. The molecule has 1 radical (unpaired) electrons. The molecule has 0 aromatic heterocycles. The lowest BCUT2D eigenvalue weighted by atomic mass is 9.73. The van der Waals surface area contributed by atoms with E-state index in [0.29, 0.717) is 11.9 Å². The normalized spacial score (nSPS) is 22.5. The number of hydrogen-bond acceptors (Lipinski definition) is 4. The van der Waals surface area contributed by atoms with Gasteiger partial charge in [0.25, 0.3) is 0 Å². The molecule has 1 aliphatic carbocycles. The zero-order valence-corrected chi connectivity index (χ0v) is 26.3. The number of hydrogen-bond donors (Lipinski definition) is 2. The molecule has 3 aliphatic rings. The van der Waals surface area contributed by atoms with Gasteiger partial charge in [0.15, 0.2) is 0 Å². The maximum Gasteiger partial charge on any atom is 0.330 e. The standard InChI is InChI=1S/C25H38BN2O2S.C7H16/c1-6-7-17-14-19(15-17)28-21-16-18(26-30-23(2,3)24(4,5)31)8-9-20(21)25(22(28)29)10-12-27-13-11-25;1-3-5-7-6-4-2/h8-9,16-17,19,27,31H,6-7,10-15H2,1-5H3;3-7H2,1-2H3. The Morgan fingerprint density at radius 2 is 1.66 bits per heavy atom. The Kier molecular flexibility index (Phi) is 11.3. The van der Waals surface area contributed by atoms with Crippen molar-refractivity contribution >= 4 is 37.2 Å². The molecule has 4 nitrogen and oxygen atoms in total. The number of piperidine rings is 1. The van der Waals surface area contributed by atoms with E-state index >= 15 is 0 Å². The first kappa shape index (κ1) is 31.6. The van der Waals surface area contributed by atoms with Crippen LogP contribution >= 0.6 is 12.6 Å². The minimum Gasteiger partial charge on any atom is -0.428 e. The molecule has 6 heteroatoms. The fraction of sp³-hybridized carbons (Fsp3) is 0.781. The monoisotopic (exact) mass is 541 g/mol. The largest absolute Gasteiger partial charge is 0.428 e. The van der Waals surface area contributed by atoms with Gasteiger partial charge in [0.1, 0.15) is 0 Å². The topological polar surface area (TPSA) is 41.6 Å². The van der Waals surface area contributed by atoms with E-state index in [4.69, 9.17) is 17.3 Å². The fourth-order valence-electron chi connectivity index (χ4n) is 5.97. The van der Waals surface area contributed by atoms with Gasteiger partial charge in [-0.15, -0.1) is 0 Å².